The Morgan fingerprint density at radius 1 is 1.12 bits per heavy atom. The molecule has 4 amide bonds. The number of anilines is 3. The summed E-state index contributed by atoms with van der Waals surface area (Å²) in [7, 11) is 0. The van der Waals surface area contributed by atoms with E-state index in [0.717, 1.165) is 18.4 Å². The van der Waals surface area contributed by atoms with Crippen LogP contribution in [0.3, 0.4) is 0 Å². The van der Waals surface area contributed by atoms with E-state index in [0.29, 0.717) is 50.2 Å². The average Bonchev–Trinajstić information content (AvgIpc) is 3.55. The van der Waals surface area contributed by atoms with E-state index in [9.17, 15) is 14.4 Å². The second kappa shape index (κ2) is 10.4. The Morgan fingerprint density at radius 2 is 1.90 bits per heavy atom. The van der Waals surface area contributed by atoms with Gasteiger partial charge in [-0.05, 0) is 56.0 Å². The molecule has 0 radical (unpaired) electrons. The number of nitrogens with one attached hydrogen (secondary N) is 3. The van der Waals surface area contributed by atoms with Gasteiger partial charge in [-0.2, -0.15) is 0 Å². The van der Waals surface area contributed by atoms with Crippen molar-refractivity contribution in [1.82, 2.24) is 20.6 Å². The number of ether oxygens (including phenoxy) is 1. The summed E-state index contributed by atoms with van der Waals surface area (Å²) >= 11 is 1.23. The van der Waals surface area contributed by atoms with E-state index in [2.05, 4.69) is 32.5 Å². The molecule has 0 spiro atoms. The number of rotatable bonds is 7. The number of para-hydroxylation sites is 1. The number of hydrogen-bond donors (Lipinski definition) is 3. The Balaban J connectivity index is 1.27. The smallest absolute Gasteiger partial charge is 0.331 e. The van der Waals surface area contributed by atoms with Gasteiger partial charge in [-0.15, -0.1) is 11.3 Å². The number of amides is 4. The fourth-order valence-electron chi connectivity index (χ4n) is 5.16. The molecular weight excluding hydrogens is 528 g/mol. The summed E-state index contributed by atoms with van der Waals surface area (Å²) in [5, 5.41) is 9.57. The molecule has 2 atom stereocenters. The number of aryl methyl sites for hydroxylation is 1. The van der Waals surface area contributed by atoms with Crippen molar-refractivity contribution in [2.75, 3.05) is 10.2 Å². The Hall–Kier alpha value is -4.77. The maximum atomic E-state index is 13.5. The summed E-state index contributed by atoms with van der Waals surface area (Å²) in [6.07, 6.45) is 6.62. The van der Waals surface area contributed by atoms with Crippen molar-refractivity contribution in [2.45, 2.75) is 38.3 Å². The molecule has 1 aromatic carbocycles. The summed E-state index contributed by atoms with van der Waals surface area (Å²) in [6.45, 7) is 5.37. The maximum Gasteiger partial charge on any atom is 0.331 e. The molecule has 11 heteroatoms. The first kappa shape index (κ1) is 25.5. The lowest BCUT2D eigenvalue weighted by Gasteiger charge is -2.29. The van der Waals surface area contributed by atoms with Crippen LogP contribution in [0.4, 0.5) is 21.9 Å². The maximum absolute atomic E-state index is 13.5. The number of nitrogens with zero attached hydrogens (tertiary/aromatic N) is 3. The van der Waals surface area contributed by atoms with Crippen molar-refractivity contribution in [1.29, 1.82) is 0 Å². The quantitative estimate of drug-likeness (QED) is 0.262. The predicted octanol–water partition coefficient (Wildman–Crippen LogP) is 5.43. The van der Waals surface area contributed by atoms with Gasteiger partial charge in [0, 0.05) is 24.3 Å². The third kappa shape index (κ3) is 4.75. The largest absolute Gasteiger partial charge is 0.439 e. The molecule has 3 N–H and O–H groups in total. The summed E-state index contributed by atoms with van der Waals surface area (Å²) in [4.78, 5) is 49.9. The highest BCUT2D eigenvalue weighted by Crippen LogP contribution is 2.46. The van der Waals surface area contributed by atoms with E-state index in [1.165, 1.54) is 17.4 Å². The van der Waals surface area contributed by atoms with E-state index >= 15 is 0 Å². The zero-order chi connectivity index (χ0) is 27.8. The van der Waals surface area contributed by atoms with Crippen LogP contribution in [0, 0.1) is 6.92 Å². The number of carbonyl (C=O) groups excluding carboxylic acids is 3. The first-order valence-electron chi connectivity index (χ1n) is 12.9. The van der Waals surface area contributed by atoms with Crippen LogP contribution in [0.25, 0.3) is 10.2 Å². The summed E-state index contributed by atoms with van der Waals surface area (Å²) in [5.41, 5.74) is 2.45. The minimum Gasteiger partial charge on any atom is -0.439 e. The van der Waals surface area contributed by atoms with E-state index in [1.807, 2.05) is 37.3 Å². The molecule has 2 aliphatic rings. The molecule has 4 heterocycles. The van der Waals surface area contributed by atoms with Crippen molar-refractivity contribution in [3.63, 3.8) is 0 Å². The van der Waals surface area contributed by atoms with Crippen molar-refractivity contribution in [3.05, 3.63) is 78.0 Å². The van der Waals surface area contributed by atoms with Crippen LogP contribution >= 0.6 is 11.3 Å². The lowest BCUT2D eigenvalue weighted by Crippen LogP contribution is -2.37. The normalized spacial score (nSPS) is 17.8. The summed E-state index contributed by atoms with van der Waals surface area (Å²) in [5.74, 6) is 0.578. The number of aromatic nitrogens is 2. The highest BCUT2D eigenvalue weighted by molar-refractivity contribution is 7.21. The van der Waals surface area contributed by atoms with Gasteiger partial charge >= 0.3 is 6.03 Å². The first-order chi connectivity index (χ1) is 19.4. The SMILES string of the molecule is C=CC(=O)N[C@@H]1CC[C@H](NC(=O)c2sc3nccc4c3c2NC(=O)N4c2cnc(Oc3ccccc3)cc2C)C1. The highest BCUT2D eigenvalue weighted by atomic mass is 32.1. The second-order valence-electron chi connectivity index (χ2n) is 9.70. The molecule has 1 fully saturated rings. The number of carbonyl (C=O) groups is 3. The Bertz CT molecular complexity index is 1650. The summed E-state index contributed by atoms with van der Waals surface area (Å²) < 4.78 is 5.85. The van der Waals surface area contributed by atoms with E-state index in [-0.39, 0.29) is 23.9 Å². The molecule has 0 bridgehead atoms. The van der Waals surface area contributed by atoms with Crippen molar-refractivity contribution < 1.29 is 19.1 Å². The van der Waals surface area contributed by atoms with Crippen molar-refractivity contribution >= 4 is 56.5 Å². The summed E-state index contributed by atoms with van der Waals surface area (Å²) in [6, 6.07) is 12.4. The molecule has 0 unspecified atom stereocenters. The molecule has 1 saturated carbocycles. The first-order valence-corrected chi connectivity index (χ1v) is 13.7. The van der Waals surface area contributed by atoms with Crippen molar-refractivity contribution in [2.24, 2.45) is 0 Å². The van der Waals surface area contributed by atoms with Gasteiger partial charge in [0.05, 0.1) is 28.6 Å². The number of pyridine rings is 2. The van der Waals surface area contributed by atoms with Crippen LogP contribution in [0.2, 0.25) is 0 Å². The molecular formula is C29H26N6O4S. The van der Waals surface area contributed by atoms with Crippen LogP contribution in [0.1, 0.15) is 34.5 Å². The van der Waals surface area contributed by atoms with Gasteiger partial charge in [-0.1, -0.05) is 24.8 Å². The molecule has 3 aromatic heterocycles. The zero-order valence-electron chi connectivity index (χ0n) is 21.6. The number of thiophene rings is 1. The number of urea groups is 1. The van der Waals surface area contributed by atoms with Gasteiger partial charge in [-0.25, -0.2) is 14.8 Å². The third-order valence-electron chi connectivity index (χ3n) is 7.02. The Labute approximate surface area is 234 Å². The molecule has 1 aliphatic heterocycles. The fraction of sp³-hybridized carbons (Fsp3) is 0.207. The van der Waals surface area contributed by atoms with Gasteiger partial charge in [0.25, 0.3) is 5.91 Å². The van der Waals surface area contributed by atoms with Crippen LogP contribution in [-0.2, 0) is 4.79 Å². The lowest BCUT2D eigenvalue weighted by molar-refractivity contribution is -0.117. The Kier molecular flexibility index (Phi) is 6.64. The van der Waals surface area contributed by atoms with Gasteiger partial charge in [0.15, 0.2) is 0 Å². The van der Waals surface area contributed by atoms with E-state index in [1.54, 1.807) is 29.4 Å². The molecule has 40 heavy (non-hydrogen) atoms. The molecule has 6 rings (SSSR count). The lowest BCUT2D eigenvalue weighted by atomic mass is 10.1. The number of hydrogen-bond acceptors (Lipinski definition) is 7. The van der Waals surface area contributed by atoms with E-state index in [4.69, 9.17) is 4.74 Å². The second-order valence-corrected chi connectivity index (χ2v) is 10.7. The van der Waals surface area contributed by atoms with Gasteiger partial charge < -0.3 is 20.7 Å². The fourth-order valence-corrected chi connectivity index (χ4v) is 6.18. The predicted molar refractivity (Wildman–Crippen MR) is 154 cm³/mol. The Morgan fingerprint density at radius 3 is 2.65 bits per heavy atom. The van der Waals surface area contributed by atoms with Crippen LogP contribution in [0.15, 0.2) is 67.5 Å². The minimum absolute atomic E-state index is 0.0144. The number of benzene rings is 1. The molecule has 10 nitrogen and oxygen atoms in total. The molecule has 202 valence electrons. The van der Waals surface area contributed by atoms with E-state index < -0.39 is 6.03 Å². The monoisotopic (exact) mass is 554 g/mol. The van der Waals surface area contributed by atoms with Crippen LogP contribution in [0.5, 0.6) is 11.6 Å². The van der Waals surface area contributed by atoms with Gasteiger partial charge in [0.1, 0.15) is 15.5 Å². The topological polar surface area (TPSA) is 126 Å². The molecule has 4 aromatic rings. The third-order valence-corrected chi connectivity index (χ3v) is 8.11. The van der Waals surface area contributed by atoms with Gasteiger partial charge in [0.2, 0.25) is 11.8 Å². The van der Waals surface area contributed by atoms with Crippen LogP contribution < -0.4 is 25.6 Å². The zero-order valence-corrected chi connectivity index (χ0v) is 22.5. The van der Waals surface area contributed by atoms with Crippen molar-refractivity contribution in [3.8, 4) is 11.6 Å². The molecule has 1 aliphatic carbocycles. The standard InChI is InChI=1S/C29H26N6O4S/c1-3-22(36)32-17-9-10-18(14-17)33-27(37)26-25-24-20(11-12-30-28(24)40-26)35(29(38)34-25)21-15-31-23(13-16(21)2)39-19-7-5-4-6-8-19/h3-8,11-13,15,17-18H,1,9-10,14H2,2H3,(H,32,36)(H,33,37)(H,34,38)/t17-,18+/m1/s1. The highest BCUT2D eigenvalue weighted by Gasteiger charge is 2.35. The van der Waals surface area contributed by atoms with Gasteiger partial charge in [-0.3, -0.25) is 14.5 Å². The molecule has 0 saturated heterocycles. The minimum atomic E-state index is -0.401. The van der Waals surface area contributed by atoms with Crippen LogP contribution in [-0.4, -0.2) is 39.9 Å². The average molecular weight is 555 g/mol.